The molecule has 0 radical (unpaired) electrons. The summed E-state index contributed by atoms with van der Waals surface area (Å²) in [7, 11) is 0. The van der Waals surface area contributed by atoms with Crippen molar-refractivity contribution < 1.29 is 24.2 Å². The van der Waals surface area contributed by atoms with Crippen molar-refractivity contribution in [2.24, 2.45) is 0 Å². The Morgan fingerprint density at radius 2 is 2.24 bits per heavy atom. The highest BCUT2D eigenvalue weighted by molar-refractivity contribution is 5.88. The molecule has 7 heteroatoms. The molecular formula is C14H22N2O5. The fourth-order valence-electron chi connectivity index (χ4n) is 2.95. The van der Waals surface area contributed by atoms with Crippen molar-refractivity contribution in [3.05, 3.63) is 0 Å². The number of hydrogen-bond donors (Lipinski definition) is 2. The Kier molecular flexibility index (Phi) is 4.82. The van der Waals surface area contributed by atoms with Gasteiger partial charge in [0.05, 0.1) is 6.04 Å². The maximum absolute atomic E-state index is 12.4. The lowest BCUT2D eigenvalue weighted by atomic mass is 10.1. The Bertz CT molecular complexity index is 439. The standard InChI is InChI=1S/C14H22N2O5/c1-3-9-7-10(14(20)21-9)15-8(2)12(17)16-6-4-5-11(16)13(18)19/h8-11,15H,3-7H2,1-2H3,(H,18,19)/t8-,9?,10?,11-/m0/s1. The third-order valence-corrected chi connectivity index (χ3v) is 4.16. The number of likely N-dealkylation sites (tertiary alicyclic amines) is 1. The molecule has 2 aliphatic heterocycles. The van der Waals surface area contributed by atoms with Crippen molar-refractivity contribution in [3.63, 3.8) is 0 Å². The molecule has 0 spiro atoms. The van der Waals surface area contributed by atoms with Crippen LogP contribution in [0, 0.1) is 0 Å². The number of esters is 1. The van der Waals surface area contributed by atoms with Gasteiger partial charge in [-0.15, -0.1) is 0 Å². The quantitative estimate of drug-likeness (QED) is 0.701. The Balaban J connectivity index is 1.94. The topological polar surface area (TPSA) is 95.9 Å². The Labute approximate surface area is 123 Å². The summed E-state index contributed by atoms with van der Waals surface area (Å²) in [5.41, 5.74) is 0. The molecule has 0 saturated carbocycles. The molecule has 2 rings (SSSR count). The second-order valence-electron chi connectivity index (χ2n) is 5.67. The summed E-state index contributed by atoms with van der Waals surface area (Å²) in [5.74, 6) is -1.58. The maximum atomic E-state index is 12.4. The molecule has 2 aliphatic rings. The number of cyclic esters (lactones) is 1. The number of ether oxygens (including phenoxy) is 1. The molecule has 118 valence electrons. The lowest BCUT2D eigenvalue weighted by molar-refractivity contribution is -0.149. The molecule has 2 unspecified atom stereocenters. The summed E-state index contributed by atoms with van der Waals surface area (Å²) < 4.78 is 5.17. The van der Waals surface area contributed by atoms with Crippen LogP contribution in [0.4, 0.5) is 0 Å². The minimum atomic E-state index is -0.973. The zero-order chi connectivity index (χ0) is 15.6. The first-order chi connectivity index (χ1) is 9.93. The van der Waals surface area contributed by atoms with Crippen LogP contribution >= 0.6 is 0 Å². The van der Waals surface area contributed by atoms with Crippen LogP contribution in [0.3, 0.4) is 0 Å². The second kappa shape index (κ2) is 6.43. The molecule has 0 aromatic carbocycles. The van der Waals surface area contributed by atoms with Gasteiger partial charge in [0, 0.05) is 13.0 Å². The molecule has 7 nitrogen and oxygen atoms in total. The van der Waals surface area contributed by atoms with Gasteiger partial charge in [-0.05, 0) is 26.2 Å². The number of hydrogen-bond acceptors (Lipinski definition) is 5. The van der Waals surface area contributed by atoms with E-state index in [2.05, 4.69) is 5.32 Å². The van der Waals surface area contributed by atoms with Gasteiger partial charge in [-0.1, -0.05) is 6.92 Å². The zero-order valence-corrected chi connectivity index (χ0v) is 12.4. The van der Waals surface area contributed by atoms with E-state index in [-0.39, 0.29) is 18.0 Å². The maximum Gasteiger partial charge on any atom is 0.326 e. The summed E-state index contributed by atoms with van der Waals surface area (Å²) in [6, 6.07) is -1.83. The van der Waals surface area contributed by atoms with Crippen LogP contribution in [-0.4, -0.2) is 58.6 Å². The first-order valence-corrected chi connectivity index (χ1v) is 7.43. The van der Waals surface area contributed by atoms with E-state index in [0.717, 1.165) is 6.42 Å². The molecule has 1 amide bonds. The van der Waals surface area contributed by atoms with E-state index in [1.54, 1.807) is 6.92 Å². The zero-order valence-electron chi connectivity index (χ0n) is 12.4. The highest BCUT2D eigenvalue weighted by Crippen LogP contribution is 2.21. The van der Waals surface area contributed by atoms with Crippen molar-refractivity contribution in [2.75, 3.05) is 6.54 Å². The number of nitrogens with zero attached hydrogens (tertiary/aromatic N) is 1. The number of carbonyl (C=O) groups excluding carboxylic acids is 2. The van der Waals surface area contributed by atoms with Crippen molar-refractivity contribution in [1.29, 1.82) is 0 Å². The van der Waals surface area contributed by atoms with Gasteiger partial charge in [0.2, 0.25) is 5.91 Å². The lowest BCUT2D eigenvalue weighted by Gasteiger charge is -2.26. The van der Waals surface area contributed by atoms with Crippen molar-refractivity contribution in [2.45, 2.75) is 63.8 Å². The molecule has 2 N–H and O–H groups in total. The number of carboxylic acid groups (broad SMARTS) is 1. The molecule has 4 atom stereocenters. The molecule has 0 bridgehead atoms. The minimum Gasteiger partial charge on any atom is -0.480 e. The Hall–Kier alpha value is -1.63. The fourth-order valence-corrected chi connectivity index (χ4v) is 2.95. The molecule has 21 heavy (non-hydrogen) atoms. The second-order valence-corrected chi connectivity index (χ2v) is 5.67. The van der Waals surface area contributed by atoms with E-state index in [9.17, 15) is 14.4 Å². The van der Waals surface area contributed by atoms with Crippen LogP contribution in [0.5, 0.6) is 0 Å². The van der Waals surface area contributed by atoms with Gasteiger partial charge in [0.1, 0.15) is 18.2 Å². The number of carbonyl (C=O) groups is 3. The van der Waals surface area contributed by atoms with Crippen LogP contribution in [0.25, 0.3) is 0 Å². The van der Waals surface area contributed by atoms with Gasteiger partial charge in [-0.2, -0.15) is 0 Å². The molecule has 0 aromatic heterocycles. The summed E-state index contributed by atoms with van der Waals surface area (Å²) in [6.45, 7) is 4.05. The largest absolute Gasteiger partial charge is 0.480 e. The van der Waals surface area contributed by atoms with Crippen LogP contribution in [-0.2, 0) is 19.1 Å². The van der Waals surface area contributed by atoms with Gasteiger partial charge in [0.25, 0.3) is 0 Å². The van der Waals surface area contributed by atoms with Gasteiger partial charge in [-0.25, -0.2) is 4.79 Å². The summed E-state index contributed by atoms with van der Waals surface area (Å²) in [6.07, 6.45) is 2.38. The highest BCUT2D eigenvalue weighted by Gasteiger charge is 2.39. The van der Waals surface area contributed by atoms with Gasteiger partial charge < -0.3 is 14.7 Å². The predicted molar refractivity (Wildman–Crippen MR) is 73.5 cm³/mol. The van der Waals surface area contributed by atoms with Crippen molar-refractivity contribution in [1.82, 2.24) is 10.2 Å². The molecule has 0 aromatic rings. The first-order valence-electron chi connectivity index (χ1n) is 7.43. The average molecular weight is 298 g/mol. The van der Waals surface area contributed by atoms with Gasteiger partial charge in [-0.3, -0.25) is 14.9 Å². The van der Waals surface area contributed by atoms with E-state index < -0.39 is 24.1 Å². The summed E-state index contributed by atoms with van der Waals surface area (Å²) in [4.78, 5) is 36.6. The third kappa shape index (κ3) is 3.34. The third-order valence-electron chi connectivity index (χ3n) is 4.16. The average Bonchev–Trinajstić information content (AvgIpc) is 3.05. The fraction of sp³-hybridized carbons (Fsp3) is 0.786. The predicted octanol–water partition coefficient (Wildman–Crippen LogP) is 0.134. The SMILES string of the molecule is CCC1CC(N[C@@H](C)C(=O)N2CCC[C@H]2C(=O)O)C(=O)O1. The van der Waals surface area contributed by atoms with Gasteiger partial charge in [0.15, 0.2) is 0 Å². The summed E-state index contributed by atoms with van der Waals surface area (Å²) in [5, 5.41) is 12.1. The minimum absolute atomic E-state index is 0.101. The van der Waals surface area contributed by atoms with E-state index in [1.165, 1.54) is 4.90 Å². The Morgan fingerprint density at radius 3 is 2.81 bits per heavy atom. The highest BCUT2D eigenvalue weighted by atomic mass is 16.6. The molecule has 2 fully saturated rings. The molecule has 2 heterocycles. The Morgan fingerprint density at radius 1 is 1.52 bits per heavy atom. The molecule has 0 aliphatic carbocycles. The van der Waals surface area contributed by atoms with E-state index in [4.69, 9.17) is 9.84 Å². The monoisotopic (exact) mass is 298 g/mol. The first kappa shape index (κ1) is 15.8. The number of carboxylic acids is 1. The summed E-state index contributed by atoms with van der Waals surface area (Å²) >= 11 is 0. The number of rotatable bonds is 5. The number of nitrogens with one attached hydrogen (secondary N) is 1. The van der Waals surface area contributed by atoms with E-state index in [0.29, 0.717) is 25.8 Å². The van der Waals surface area contributed by atoms with Crippen LogP contribution in [0.1, 0.15) is 39.5 Å². The van der Waals surface area contributed by atoms with Crippen LogP contribution < -0.4 is 5.32 Å². The van der Waals surface area contributed by atoms with Crippen molar-refractivity contribution >= 4 is 17.8 Å². The van der Waals surface area contributed by atoms with Gasteiger partial charge >= 0.3 is 11.9 Å². The van der Waals surface area contributed by atoms with E-state index >= 15 is 0 Å². The molecule has 2 saturated heterocycles. The number of aliphatic carboxylic acids is 1. The lowest BCUT2D eigenvalue weighted by Crippen LogP contribution is -2.52. The van der Waals surface area contributed by atoms with Crippen molar-refractivity contribution in [3.8, 4) is 0 Å². The normalized spacial score (nSPS) is 30.3. The number of amides is 1. The van der Waals surface area contributed by atoms with Crippen LogP contribution in [0.15, 0.2) is 0 Å². The smallest absolute Gasteiger partial charge is 0.326 e. The van der Waals surface area contributed by atoms with E-state index in [1.807, 2.05) is 6.92 Å². The van der Waals surface area contributed by atoms with Crippen LogP contribution in [0.2, 0.25) is 0 Å². The molecular weight excluding hydrogens is 276 g/mol.